The molecule has 2 rings (SSSR count). The molecule has 1 fully saturated rings. The second kappa shape index (κ2) is 4.47. The second-order valence-electron chi connectivity index (χ2n) is 4.73. The summed E-state index contributed by atoms with van der Waals surface area (Å²) in [5, 5.41) is 18.8. The van der Waals surface area contributed by atoms with Crippen LogP contribution in [0.2, 0.25) is 0 Å². The standard InChI is InChI=1S/C13H17NO3/c14-11(12(15)16)13(17)8-10(13)7-6-9-4-2-1-3-5-9/h1-5,10-11,17H,6-8,14H2,(H,15,16)/t10?,11-,13?/m1/s1. The third-order valence-electron chi connectivity index (χ3n) is 3.55. The Labute approximate surface area is 100 Å². The van der Waals surface area contributed by atoms with Crippen molar-refractivity contribution in [1.29, 1.82) is 0 Å². The molecule has 0 bridgehead atoms. The molecule has 0 spiro atoms. The molecule has 0 saturated heterocycles. The van der Waals surface area contributed by atoms with E-state index in [1.807, 2.05) is 30.3 Å². The van der Waals surface area contributed by atoms with Crippen LogP contribution in [0, 0.1) is 5.92 Å². The molecule has 1 saturated carbocycles. The molecule has 1 aliphatic rings. The molecule has 1 aromatic rings. The molecule has 0 aromatic heterocycles. The lowest BCUT2D eigenvalue weighted by molar-refractivity contribution is -0.142. The minimum atomic E-state index is -1.19. The maximum Gasteiger partial charge on any atom is 0.323 e. The van der Waals surface area contributed by atoms with Crippen LogP contribution in [0.25, 0.3) is 0 Å². The number of rotatable bonds is 5. The molecule has 4 N–H and O–H groups in total. The number of hydrogen-bond acceptors (Lipinski definition) is 3. The molecular formula is C13H17NO3. The summed E-state index contributed by atoms with van der Waals surface area (Å²) in [5.41, 5.74) is 5.47. The molecule has 1 aliphatic carbocycles. The monoisotopic (exact) mass is 235 g/mol. The number of aliphatic carboxylic acids is 1. The summed E-state index contributed by atoms with van der Waals surface area (Å²) in [4.78, 5) is 10.7. The average molecular weight is 235 g/mol. The van der Waals surface area contributed by atoms with E-state index in [0.717, 1.165) is 12.8 Å². The van der Waals surface area contributed by atoms with Crippen LogP contribution >= 0.6 is 0 Å². The largest absolute Gasteiger partial charge is 0.480 e. The summed E-state index contributed by atoms with van der Waals surface area (Å²) in [6, 6.07) is 8.78. The Bertz CT molecular complexity index is 406. The number of aliphatic hydroxyl groups is 1. The van der Waals surface area contributed by atoms with E-state index in [9.17, 15) is 9.90 Å². The SMILES string of the molecule is N[C@H](C(=O)O)C1(O)CC1CCc1ccccc1. The lowest BCUT2D eigenvalue weighted by Gasteiger charge is -2.15. The number of carbonyl (C=O) groups is 1. The highest BCUT2D eigenvalue weighted by atomic mass is 16.4. The van der Waals surface area contributed by atoms with Crippen LogP contribution in [0.3, 0.4) is 0 Å². The van der Waals surface area contributed by atoms with Gasteiger partial charge >= 0.3 is 5.97 Å². The average Bonchev–Trinajstić information content (AvgIpc) is 2.99. The molecule has 4 nitrogen and oxygen atoms in total. The van der Waals surface area contributed by atoms with Crippen molar-refractivity contribution >= 4 is 5.97 Å². The fraction of sp³-hybridized carbons (Fsp3) is 0.462. The third-order valence-corrected chi connectivity index (χ3v) is 3.55. The van der Waals surface area contributed by atoms with Crippen LogP contribution in [-0.4, -0.2) is 27.8 Å². The van der Waals surface area contributed by atoms with Crippen LogP contribution in [0.1, 0.15) is 18.4 Å². The number of hydrogen-bond donors (Lipinski definition) is 3. The first kappa shape index (κ1) is 12.1. The first-order valence-corrected chi connectivity index (χ1v) is 5.78. The number of nitrogens with two attached hydrogens (primary N) is 1. The molecule has 0 amide bonds. The predicted molar refractivity (Wildman–Crippen MR) is 63.4 cm³/mol. The second-order valence-corrected chi connectivity index (χ2v) is 4.73. The summed E-state index contributed by atoms with van der Waals surface area (Å²) in [6.45, 7) is 0. The van der Waals surface area contributed by atoms with E-state index in [2.05, 4.69) is 0 Å². The Morgan fingerprint density at radius 1 is 1.47 bits per heavy atom. The van der Waals surface area contributed by atoms with E-state index < -0.39 is 17.6 Å². The zero-order chi connectivity index (χ0) is 12.5. The van der Waals surface area contributed by atoms with E-state index in [4.69, 9.17) is 10.8 Å². The maximum absolute atomic E-state index is 10.7. The molecule has 4 heteroatoms. The number of carboxylic acids is 1. The highest BCUT2D eigenvalue weighted by molar-refractivity contribution is 5.75. The third kappa shape index (κ3) is 2.48. The number of carboxylic acid groups (broad SMARTS) is 1. The lowest BCUT2D eigenvalue weighted by atomic mass is 10.0. The van der Waals surface area contributed by atoms with Crippen molar-refractivity contribution in [2.75, 3.05) is 0 Å². The Morgan fingerprint density at radius 2 is 2.12 bits per heavy atom. The van der Waals surface area contributed by atoms with Gasteiger partial charge < -0.3 is 15.9 Å². The molecule has 1 aromatic carbocycles. The molecular weight excluding hydrogens is 218 g/mol. The maximum atomic E-state index is 10.7. The van der Waals surface area contributed by atoms with Crippen molar-refractivity contribution in [2.24, 2.45) is 11.7 Å². The zero-order valence-corrected chi connectivity index (χ0v) is 9.54. The topological polar surface area (TPSA) is 83.6 Å². The fourth-order valence-corrected chi connectivity index (χ4v) is 2.27. The van der Waals surface area contributed by atoms with E-state index in [0.29, 0.717) is 6.42 Å². The summed E-state index contributed by atoms with van der Waals surface area (Å²) < 4.78 is 0. The minimum absolute atomic E-state index is 0.00815. The van der Waals surface area contributed by atoms with Crippen molar-refractivity contribution in [3.05, 3.63) is 35.9 Å². The Morgan fingerprint density at radius 3 is 2.71 bits per heavy atom. The first-order chi connectivity index (χ1) is 8.04. The Hall–Kier alpha value is -1.39. The van der Waals surface area contributed by atoms with Gasteiger partial charge in [-0.1, -0.05) is 30.3 Å². The van der Waals surface area contributed by atoms with Gasteiger partial charge in [-0.15, -0.1) is 0 Å². The molecule has 2 unspecified atom stereocenters. The summed E-state index contributed by atoms with van der Waals surface area (Å²) >= 11 is 0. The van der Waals surface area contributed by atoms with E-state index in [-0.39, 0.29) is 5.92 Å². The highest BCUT2D eigenvalue weighted by Gasteiger charge is 2.58. The van der Waals surface area contributed by atoms with Gasteiger partial charge in [0.15, 0.2) is 0 Å². The van der Waals surface area contributed by atoms with E-state index in [1.54, 1.807) is 0 Å². The van der Waals surface area contributed by atoms with Gasteiger partial charge in [-0.2, -0.15) is 0 Å². The van der Waals surface area contributed by atoms with Crippen molar-refractivity contribution < 1.29 is 15.0 Å². The van der Waals surface area contributed by atoms with Gasteiger partial charge in [-0.3, -0.25) is 4.79 Å². The molecule has 0 heterocycles. The first-order valence-electron chi connectivity index (χ1n) is 5.78. The predicted octanol–water partition coefficient (Wildman–Crippen LogP) is 0.782. The Balaban J connectivity index is 1.86. The molecule has 92 valence electrons. The lowest BCUT2D eigenvalue weighted by Crippen LogP contribution is -2.45. The van der Waals surface area contributed by atoms with Gasteiger partial charge in [0.05, 0.1) is 5.60 Å². The fourth-order valence-electron chi connectivity index (χ4n) is 2.27. The van der Waals surface area contributed by atoms with Crippen LogP contribution in [0.15, 0.2) is 30.3 Å². The van der Waals surface area contributed by atoms with E-state index in [1.165, 1.54) is 5.56 Å². The normalized spacial score (nSPS) is 28.7. The quantitative estimate of drug-likeness (QED) is 0.704. The summed E-state index contributed by atoms with van der Waals surface area (Å²) in [5.74, 6) is -1.12. The van der Waals surface area contributed by atoms with Crippen LogP contribution in [-0.2, 0) is 11.2 Å². The highest BCUT2D eigenvalue weighted by Crippen LogP contribution is 2.48. The van der Waals surface area contributed by atoms with Gasteiger partial charge in [-0.25, -0.2) is 0 Å². The van der Waals surface area contributed by atoms with Crippen LogP contribution in [0.5, 0.6) is 0 Å². The zero-order valence-electron chi connectivity index (χ0n) is 9.54. The minimum Gasteiger partial charge on any atom is -0.480 e. The smallest absolute Gasteiger partial charge is 0.323 e. The van der Waals surface area contributed by atoms with Gasteiger partial charge in [0.1, 0.15) is 6.04 Å². The molecule has 17 heavy (non-hydrogen) atoms. The molecule has 3 atom stereocenters. The van der Waals surface area contributed by atoms with Gasteiger partial charge in [-0.05, 0) is 30.7 Å². The summed E-state index contributed by atoms with van der Waals surface area (Å²) in [6.07, 6.45) is 2.12. The van der Waals surface area contributed by atoms with Crippen LogP contribution < -0.4 is 5.73 Å². The van der Waals surface area contributed by atoms with Gasteiger partial charge in [0.25, 0.3) is 0 Å². The van der Waals surface area contributed by atoms with Gasteiger partial charge in [0, 0.05) is 0 Å². The summed E-state index contributed by atoms with van der Waals surface area (Å²) in [7, 11) is 0. The molecule has 0 aliphatic heterocycles. The van der Waals surface area contributed by atoms with Crippen molar-refractivity contribution in [1.82, 2.24) is 0 Å². The number of benzene rings is 1. The van der Waals surface area contributed by atoms with Crippen molar-refractivity contribution in [2.45, 2.75) is 30.9 Å². The van der Waals surface area contributed by atoms with E-state index >= 15 is 0 Å². The van der Waals surface area contributed by atoms with Crippen molar-refractivity contribution in [3.63, 3.8) is 0 Å². The Kier molecular flexibility index (Phi) is 3.17. The van der Waals surface area contributed by atoms with Crippen molar-refractivity contribution in [3.8, 4) is 0 Å². The van der Waals surface area contributed by atoms with Gasteiger partial charge in [0.2, 0.25) is 0 Å². The molecule has 0 radical (unpaired) electrons. The van der Waals surface area contributed by atoms with Crippen LogP contribution in [0.4, 0.5) is 0 Å². The number of aryl methyl sites for hydroxylation is 1.